The van der Waals surface area contributed by atoms with E-state index in [1.54, 1.807) is 0 Å². The van der Waals surface area contributed by atoms with Gasteiger partial charge in [0.25, 0.3) is 5.91 Å². The first kappa shape index (κ1) is 19.9. The molecule has 1 heterocycles. The Labute approximate surface area is 169 Å². The predicted molar refractivity (Wildman–Crippen MR) is 113 cm³/mol. The van der Waals surface area contributed by atoms with Crippen molar-refractivity contribution in [2.75, 3.05) is 18.5 Å². The number of thiazole rings is 1. The van der Waals surface area contributed by atoms with Crippen LogP contribution in [-0.4, -0.2) is 24.1 Å². The number of nitrogens with zero attached hydrogens (tertiary/aromatic N) is 1. The highest BCUT2D eigenvalue weighted by Crippen LogP contribution is 2.26. The van der Waals surface area contributed by atoms with Gasteiger partial charge in [-0.1, -0.05) is 13.0 Å². The van der Waals surface area contributed by atoms with Crippen LogP contribution in [0.4, 0.5) is 5.13 Å². The lowest BCUT2D eigenvalue weighted by atomic mass is 10.1. The molecular formula is C22H24N2O3S. The Balaban J connectivity index is 1.55. The molecule has 0 radical (unpaired) electrons. The zero-order valence-corrected chi connectivity index (χ0v) is 17.1. The first-order chi connectivity index (χ1) is 13.5. The van der Waals surface area contributed by atoms with Gasteiger partial charge in [-0.2, -0.15) is 0 Å². The molecular weight excluding hydrogens is 372 g/mol. The summed E-state index contributed by atoms with van der Waals surface area (Å²) in [6.07, 6.45) is 0.976. The molecule has 0 atom stereocenters. The molecule has 0 fully saturated rings. The summed E-state index contributed by atoms with van der Waals surface area (Å²) in [5.41, 5.74) is 4.00. The Morgan fingerprint density at radius 2 is 1.75 bits per heavy atom. The van der Waals surface area contributed by atoms with Crippen LogP contribution in [-0.2, 0) is 4.79 Å². The number of nitrogens with one attached hydrogen (secondary N) is 1. The lowest BCUT2D eigenvalue weighted by Crippen LogP contribution is -2.20. The average Bonchev–Trinajstić information content (AvgIpc) is 3.13. The van der Waals surface area contributed by atoms with Gasteiger partial charge in [0.1, 0.15) is 11.5 Å². The first-order valence-corrected chi connectivity index (χ1v) is 10.1. The van der Waals surface area contributed by atoms with E-state index in [1.165, 1.54) is 11.3 Å². The highest BCUT2D eigenvalue weighted by Gasteiger charge is 2.09. The molecule has 0 aliphatic rings. The minimum Gasteiger partial charge on any atom is -0.494 e. The fourth-order valence-corrected chi connectivity index (χ4v) is 3.46. The van der Waals surface area contributed by atoms with Crippen LogP contribution in [0.25, 0.3) is 11.3 Å². The molecule has 5 nitrogen and oxygen atoms in total. The van der Waals surface area contributed by atoms with Gasteiger partial charge in [0.05, 0.1) is 12.3 Å². The smallest absolute Gasteiger partial charge is 0.264 e. The van der Waals surface area contributed by atoms with Crippen molar-refractivity contribution in [3.05, 3.63) is 59.0 Å². The summed E-state index contributed by atoms with van der Waals surface area (Å²) < 4.78 is 11.2. The quantitative estimate of drug-likeness (QED) is 0.566. The van der Waals surface area contributed by atoms with Crippen LogP contribution < -0.4 is 14.8 Å². The van der Waals surface area contributed by atoms with Crippen molar-refractivity contribution in [3.63, 3.8) is 0 Å². The zero-order valence-electron chi connectivity index (χ0n) is 16.3. The lowest BCUT2D eigenvalue weighted by Gasteiger charge is -2.07. The highest BCUT2D eigenvalue weighted by atomic mass is 32.1. The van der Waals surface area contributed by atoms with Crippen molar-refractivity contribution in [2.45, 2.75) is 27.2 Å². The molecule has 6 heteroatoms. The van der Waals surface area contributed by atoms with Crippen LogP contribution >= 0.6 is 11.3 Å². The number of carbonyl (C=O) groups excluding carboxylic acids is 1. The van der Waals surface area contributed by atoms with Gasteiger partial charge in [-0.15, -0.1) is 11.3 Å². The Morgan fingerprint density at radius 1 is 1.04 bits per heavy atom. The Morgan fingerprint density at radius 3 is 2.43 bits per heavy atom. The molecule has 0 saturated carbocycles. The molecule has 146 valence electrons. The molecule has 0 aliphatic heterocycles. The van der Waals surface area contributed by atoms with Crippen molar-refractivity contribution in [1.29, 1.82) is 0 Å². The van der Waals surface area contributed by atoms with Gasteiger partial charge in [-0.05, 0) is 67.8 Å². The van der Waals surface area contributed by atoms with Gasteiger partial charge in [-0.3, -0.25) is 10.1 Å². The van der Waals surface area contributed by atoms with E-state index in [0.717, 1.165) is 34.6 Å². The van der Waals surface area contributed by atoms with Gasteiger partial charge in [0, 0.05) is 10.9 Å². The predicted octanol–water partition coefficient (Wildman–Crippen LogP) is 5.23. The summed E-state index contributed by atoms with van der Waals surface area (Å²) in [6.45, 7) is 6.73. The summed E-state index contributed by atoms with van der Waals surface area (Å²) >= 11 is 1.39. The number of aromatic nitrogens is 1. The van der Waals surface area contributed by atoms with Crippen molar-refractivity contribution < 1.29 is 14.3 Å². The molecule has 2 aromatic carbocycles. The molecule has 3 rings (SSSR count). The second-order valence-electron chi connectivity index (χ2n) is 6.57. The van der Waals surface area contributed by atoms with Crippen LogP contribution in [0.5, 0.6) is 11.5 Å². The standard InChI is InChI=1S/C22H24N2O3S/c1-4-9-26-18-7-5-17(6-8-18)20-14-28-22(23-20)24-21(25)13-27-19-11-15(2)10-16(3)12-19/h5-8,10-12,14H,4,9,13H2,1-3H3,(H,23,24,25). The number of benzene rings is 2. The maximum absolute atomic E-state index is 12.2. The molecule has 0 saturated heterocycles. The molecule has 1 amide bonds. The average molecular weight is 397 g/mol. The Hall–Kier alpha value is -2.86. The molecule has 0 bridgehead atoms. The maximum Gasteiger partial charge on any atom is 0.264 e. The number of carbonyl (C=O) groups is 1. The van der Waals surface area contributed by atoms with Crippen LogP contribution in [0.3, 0.4) is 0 Å². The molecule has 1 aromatic heterocycles. The fourth-order valence-electron chi connectivity index (χ4n) is 2.73. The fraction of sp³-hybridized carbons (Fsp3) is 0.273. The number of ether oxygens (including phenoxy) is 2. The number of rotatable bonds is 8. The van der Waals surface area contributed by atoms with Gasteiger partial charge < -0.3 is 9.47 Å². The second kappa shape index (κ2) is 9.37. The third kappa shape index (κ3) is 5.57. The van der Waals surface area contributed by atoms with Crippen molar-refractivity contribution in [2.24, 2.45) is 0 Å². The van der Waals surface area contributed by atoms with Crippen LogP contribution in [0.2, 0.25) is 0 Å². The number of hydrogen-bond acceptors (Lipinski definition) is 5. The van der Waals surface area contributed by atoms with Crippen LogP contribution in [0, 0.1) is 13.8 Å². The number of hydrogen-bond donors (Lipinski definition) is 1. The van der Waals surface area contributed by atoms with Crippen LogP contribution in [0.15, 0.2) is 47.8 Å². The topological polar surface area (TPSA) is 60.5 Å². The van der Waals surface area contributed by atoms with E-state index < -0.39 is 0 Å². The van der Waals surface area contributed by atoms with Crippen LogP contribution in [0.1, 0.15) is 24.5 Å². The highest BCUT2D eigenvalue weighted by molar-refractivity contribution is 7.14. The Kier molecular flexibility index (Phi) is 6.66. The van der Waals surface area contributed by atoms with E-state index in [9.17, 15) is 4.79 Å². The maximum atomic E-state index is 12.2. The second-order valence-corrected chi connectivity index (χ2v) is 7.43. The molecule has 28 heavy (non-hydrogen) atoms. The number of aryl methyl sites for hydroxylation is 2. The first-order valence-electron chi connectivity index (χ1n) is 9.23. The van der Waals surface area contributed by atoms with Gasteiger partial charge in [0.2, 0.25) is 0 Å². The molecule has 0 aliphatic carbocycles. The summed E-state index contributed by atoms with van der Waals surface area (Å²) in [5.74, 6) is 1.30. The number of amides is 1. The van der Waals surface area contributed by atoms with E-state index >= 15 is 0 Å². The van der Waals surface area contributed by atoms with Crippen molar-refractivity contribution >= 4 is 22.4 Å². The van der Waals surface area contributed by atoms with E-state index in [0.29, 0.717) is 17.5 Å². The summed E-state index contributed by atoms with van der Waals surface area (Å²) in [6, 6.07) is 13.7. The van der Waals surface area contributed by atoms with Crippen molar-refractivity contribution in [1.82, 2.24) is 4.98 Å². The lowest BCUT2D eigenvalue weighted by molar-refractivity contribution is -0.118. The summed E-state index contributed by atoms with van der Waals surface area (Å²) in [4.78, 5) is 16.6. The molecule has 1 N–H and O–H groups in total. The van der Waals surface area contributed by atoms with E-state index in [1.807, 2.05) is 55.6 Å². The third-order valence-electron chi connectivity index (χ3n) is 3.94. The summed E-state index contributed by atoms with van der Waals surface area (Å²) in [7, 11) is 0. The summed E-state index contributed by atoms with van der Waals surface area (Å²) in [5, 5.41) is 5.26. The molecule has 0 spiro atoms. The van der Waals surface area contributed by atoms with Gasteiger partial charge in [-0.25, -0.2) is 4.98 Å². The normalized spacial score (nSPS) is 10.5. The minimum atomic E-state index is -0.233. The third-order valence-corrected chi connectivity index (χ3v) is 4.70. The van der Waals surface area contributed by atoms with E-state index in [2.05, 4.69) is 23.3 Å². The largest absolute Gasteiger partial charge is 0.494 e. The Bertz CT molecular complexity index is 915. The number of anilines is 1. The van der Waals surface area contributed by atoms with Gasteiger partial charge in [0.15, 0.2) is 11.7 Å². The zero-order chi connectivity index (χ0) is 19.9. The monoisotopic (exact) mass is 396 g/mol. The van der Waals surface area contributed by atoms with Gasteiger partial charge >= 0.3 is 0 Å². The van der Waals surface area contributed by atoms with Crippen molar-refractivity contribution in [3.8, 4) is 22.8 Å². The molecule has 3 aromatic rings. The SMILES string of the molecule is CCCOc1ccc(-c2csc(NC(=O)COc3cc(C)cc(C)c3)n2)cc1. The van der Waals surface area contributed by atoms with E-state index in [-0.39, 0.29) is 12.5 Å². The molecule has 0 unspecified atom stereocenters. The minimum absolute atomic E-state index is 0.0543. The van der Waals surface area contributed by atoms with E-state index in [4.69, 9.17) is 9.47 Å².